The molecule has 1 atom stereocenters. The molecule has 0 saturated heterocycles. The van der Waals surface area contributed by atoms with E-state index in [4.69, 9.17) is 9.40 Å². The maximum atomic E-state index is 13.1. The van der Waals surface area contributed by atoms with E-state index < -0.39 is 5.54 Å². The average Bonchev–Trinajstić information content (AvgIpc) is 3.30. The third-order valence-electron chi connectivity index (χ3n) is 6.70. The summed E-state index contributed by atoms with van der Waals surface area (Å²) in [5, 5.41) is 15.4. The molecule has 0 bridgehead atoms. The summed E-state index contributed by atoms with van der Waals surface area (Å²) in [6.07, 6.45) is 0.843. The number of rotatable bonds is 7. The molecule has 4 aromatic rings. The number of hydrogen-bond acceptors (Lipinski definition) is 5. The Balaban J connectivity index is 1.94. The summed E-state index contributed by atoms with van der Waals surface area (Å²) in [7, 11) is 1.59. The van der Waals surface area contributed by atoms with Gasteiger partial charge in [-0.3, -0.25) is 9.59 Å². The summed E-state index contributed by atoms with van der Waals surface area (Å²) in [5.41, 5.74) is 4.57. The Morgan fingerprint density at radius 1 is 1.08 bits per heavy atom. The predicted molar refractivity (Wildman–Crippen MR) is 149 cm³/mol. The summed E-state index contributed by atoms with van der Waals surface area (Å²) in [6, 6.07) is 19.1. The number of carbonyl (C=O) groups is 2. The van der Waals surface area contributed by atoms with Gasteiger partial charge in [-0.1, -0.05) is 55.8 Å². The fraction of sp³-hybridized carbons (Fsp3) is 0.290. The number of nitrogens with one attached hydrogen (secondary N) is 2. The average molecular weight is 509 g/mol. The monoisotopic (exact) mass is 508 g/mol. The molecular weight excluding hydrogens is 476 g/mol. The molecule has 0 aliphatic rings. The third kappa shape index (κ3) is 5.16. The lowest BCUT2D eigenvalue weighted by atomic mass is 9.92. The van der Waals surface area contributed by atoms with Crippen LogP contribution in [0.3, 0.4) is 0 Å². The van der Waals surface area contributed by atoms with Gasteiger partial charge in [0.25, 0.3) is 11.8 Å². The number of amides is 2. The van der Waals surface area contributed by atoms with Crippen molar-refractivity contribution in [2.24, 2.45) is 0 Å². The van der Waals surface area contributed by atoms with Crippen molar-refractivity contribution in [3.8, 4) is 28.5 Å². The molecule has 7 nitrogen and oxygen atoms in total. The van der Waals surface area contributed by atoms with E-state index in [1.807, 2.05) is 43.3 Å². The Labute approximate surface area is 222 Å². The van der Waals surface area contributed by atoms with Crippen LogP contribution in [0.1, 0.15) is 72.0 Å². The molecule has 2 heterocycles. The molecule has 0 saturated carbocycles. The van der Waals surface area contributed by atoms with Crippen molar-refractivity contribution >= 4 is 22.9 Å². The van der Waals surface area contributed by atoms with Crippen molar-refractivity contribution in [2.75, 3.05) is 7.05 Å². The number of nitrogens with zero attached hydrogens (tertiary/aromatic N) is 2. The van der Waals surface area contributed by atoms with Gasteiger partial charge >= 0.3 is 0 Å². The first-order valence-electron chi connectivity index (χ1n) is 12.7. The second-order valence-electron chi connectivity index (χ2n) is 10.1. The van der Waals surface area contributed by atoms with Crippen LogP contribution in [0.15, 0.2) is 59.0 Å². The van der Waals surface area contributed by atoms with Crippen LogP contribution in [0.5, 0.6) is 0 Å². The van der Waals surface area contributed by atoms with Crippen LogP contribution in [-0.2, 0) is 0 Å². The molecule has 0 spiro atoms. The van der Waals surface area contributed by atoms with Crippen LogP contribution in [0.4, 0.5) is 0 Å². The fourth-order valence-electron chi connectivity index (χ4n) is 4.31. The summed E-state index contributed by atoms with van der Waals surface area (Å²) < 4.78 is 6.24. The third-order valence-corrected chi connectivity index (χ3v) is 6.70. The number of carbonyl (C=O) groups excluding carboxylic acids is 2. The lowest BCUT2D eigenvalue weighted by Crippen LogP contribution is -2.42. The number of aromatic nitrogens is 1. The highest BCUT2D eigenvalue weighted by atomic mass is 16.3. The van der Waals surface area contributed by atoms with Crippen molar-refractivity contribution in [1.82, 2.24) is 15.6 Å². The van der Waals surface area contributed by atoms with Gasteiger partial charge in [0, 0.05) is 23.7 Å². The molecule has 0 aliphatic carbocycles. The van der Waals surface area contributed by atoms with Gasteiger partial charge in [-0.15, -0.1) is 0 Å². The number of pyridine rings is 1. The zero-order valence-corrected chi connectivity index (χ0v) is 22.6. The van der Waals surface area contributed by atoms with Gasteiger partial charge in [0.2, 0.25) is 5.71 Å². The van der Waals surface area contributed by atoms with E-state index in [-0.39, 0.29) is 17.7 Å². The Kier molecular flexibility index (Phi) is 7.36. The fourth-order valence-corrected chi connectivity index (χ4v) is 4.31. The lowest BCUT2D eigenvalue weighted by molar-refractivity contribution is 0.0927. The Hall–Kier alpha value is -4.44. The molecular formula is C31H32N4O3. The molecule has 0 aliphatic heterocycles. The predicted octanol–water partition coefficient (Wildman–Crippen LogP) is 6.38. The van der Waals surface area contributed by atoms with Gasteiger partial charge in [-0.25, -0.2) is 4.98 Å². The zero-order chi connectivity index (χ0) is 27.6. The van der Waals surface area contributed by atoms with Crippen molar-refractivity contribution in [3.63, 3.8) is 0 Å². The minimum Gasteiger partial charge on any atom is -0.437 e. The molecule has 194 valence electrons. The van der Waals surface area contributed by atoms with E-state index in [2.05, 4.69) is 30.6 Å². The van der Waals surface area contributed by atoms with E-state index in [0.29, 0.717) is 28.0 Å². The second-order valence-corrected chi connectivity index (χ2v) is 10.1. The standard InChI is InChI=1S/C31H32N4O3/c1-7-19(3)26-23(21-9-8-10-22(15-21)28(36)35-31(4,5)17-32)16-24-25(29(37)33-6)27(38-30(24)34-26)20-13-11-18(2)12-14-20/h8-16,19H,7H2,1-6H3,(H,33,37)(H,35,36)/t19-/m1/s1. The highest BCUT2D eigenvalue weighted by Gasteiger charge is 2.26. The van der Waals surface area contributed by atoms with Crippen molar-refractivity contribution in [1.29, 1.82) is 5.26 Å². The van der Waals surface area contributed by atoms with Crippen LogP contribution in [-0.4, -0.2) is 29.4 Å². The number of fused-ring (bicyclic) bond motifs is 1. The summed E-state index contributed by atoms with van der Waals surface area (Å²) in [6.45, 7) is 9.48. The molecule has 0 unspecified atom stereocenters. The Morgan fingerprint density at radius 3 is 2.42 bits per heavy atom. The molecule has 2 aromatic carbocycles. The second kappa shape index (κ2) is 10.5. The van der Waals surface area contributed by atoms with Crippen molar-refractivity contribution in [3.05, 3.63) is 77.0 Å². The van der Waals surface area contributed by atoms with E-state index >= 15 is 0 Å². The van der Waals surface area contributed by atoms with Gasteiger partial charge < -0.3 is 15.1 Å². The largest absolute Gasteiger partial charge is 0.437 e. The van der Waals surface area contributed by atoms with Gasteiger partial charge in [-0.05, 0) is 56.9 Å². The molecule has 0 fully saturated rings. The number of hydrogen-bond donors (Lipinski definition) is 2. The Morgan fingerprint density at radius 2 is 1.79 bits per heavy atom. The van der Waals surface area contributed by atoms with E-state index in [9.17, 15) is 14.9 Å². The minimum atomic E-state index is -0.999. The van der Waals surface area contributed by atoms with Crippen LogP contribution < -0.4 is 10.6 Å². The molecule has 2 N–H and O–H groups in total. The molecule has 2 aromatic heterocycles. The summed E-state index contributed by atoms with van der Waals surface area (Å²) >= 11 is 0. The number of benzene rings is 2. The normalized spacial score (nSPS) is 12.1. The van der Waals surface area contributed by atoms with Gasteiger partial charge in [-0.2, -0.15) is 5.26 Å². The smallest absolute Gasteiger partial charge is 0.255 e. The van der Waals surface area contributed by atoms with Gasteiger partial charge in [0.1, 0.15) is 11.3 Å². The highest BCUT2D eigenvalue weighted by Crippen LogP contribution is 2.38. The first-order chi connectivity index (χ1) is 18.1. The lowest BCUT2D eigenvalue weighted by Gasteiger charge is -2.18. The van der Waals surface area contributed by atoms with E-state index in [1.165, 1.54) is 0 Å². The summed E-state index contributed by atoms with van der Waals surface area (Å²) in [4.78, 5) is 30.9. The SMILES string of the molecule is CC[C@@H](C)c1nc2oc(-c3ccc(C)cc3)c(C(=O)NC)c2cc1-c1cccc(C(=O)NC(C)(C)C#N)c1. The summed E-state index contributed by atoms with van der Waals surface area (Å²) in [5.74, 6) is -0.0458. The minimum absolute atomic E-state index is 0.0979. The van der Waals surface area contributed by atoms with Crippen LogP contribution in [0.25, 0.3) is 33.6 Å². The molecule has 4 rings (SSSR count). The molecule has 38 heavy (non-hydrogen) atoms. The number of furan rings is 1. The van der Waals surface area contributed by atoms with Gasteiger partial charge in [0.15, 0.2) is 0 Å². The topological polar surface area (TPSA) is 108 Å². The van der Waals surface area contributed by atoms with Crippen LogP contribution in [0.2, 0.25) is 0 Å². The maximum Gasteiger partial charge on any atom is 0.255 e. The maximum absolute atomic E-state index is 13.1. The molecule has 2 amide bonds. The number of aryl methyl sites for hydroxylation is 1. The van der Waals surface area contributed by atoms with Crippen molar-refractivity contribution in [2.45, 2.75) is 52.5 Å². The van der Waals surface area contributed by atoms with Gasteiger partial charge in [0.05, 0.1) is 22.7 Å². The molecule has 0 radical (unpaired) electrons. The quantitative estimate of drug-likeness (QED) is 0.301. The van der Waals surface area contributed by atoms with Crippen molar-refractivity contribution < 1.29 is 14.0 Å². The van der Waals surface area contributed by atoms with Crippen LogP contribution in [0, 0.1) is 18.3 Å². The van der Waals surface area contributed by atoms with E-state index in [1.54, 1.807) is 39.1 Å². The first kappa shape index (κ1) is 26.6. The van der Waals surface area contributed by atoms with Crippen LogP contribution >= 0.6 is 0 Å². The van der Waals surface area contributed by atoms with E-state index in [0.717, 1.165) is 34.4 Å². The molecule has 7 heteroatoms. The highest BCUT2D eigenvalue weighted by molar-refractivity contribution is 6.11. The zero-order valence-electron chi connectivity index (χ0n) is 22.6. The Bertz CT molecular complexity index is 1560. The first-order valence-corrected chi connectivity index (χ1v) is 12.7. The number of nitriles is 1.